The topological polar surface area (TPSA) is 29.1 Å². The molecule has 2 aromatic carbocycles. The van der Waals surface area contributed by atoms with Gasteiger partial charge in [0.05, 0.1) is 5.56 Å². The Bertz CT molecular complexity index is 672. The van der Waals surface area contributed by atoms with Crippen molar-refractivity contribution < 1.29 is 4.79 Å². The van der Waals surface area contributed by atoms with Crippen LogP contribution in [0, 0.1) is 0 Å². The van der Waals surface area contributed by atoms with Gasteiger partial charge >= 0.3 is 0 Å². The molecule has 2 rings (SSSR count). The van der Waals surface area contributed by atoms with Gasteiger partial charge in [-0.25, -0.2) is 0 Å². The van der Waals surface area contributed by atoms with Gasteiger partial charge in [-0.2, -0.15) is 0 Å². The molecule has 0 saturated heterocycles. The fourth-order valence-corrected chi connectivity index (χ4v) is 3.30. The number of carbonyl (C=O) groups is 1. The highest BCUT2D eigenvalue weighted by atomic mass is 32.2. The number of aryl methyl sites for hydroxylation is 2. The summed E-state index contributed by atoms with van der Waals surface area (Å²) in [6.07, 6.45) is 3.65. The Hall–Kier alpha value is -2.00. The predicted octanol–water partition coefficient (Wildman–Crippen LogP) is 5.34. The Morgan fingerprint density at radius 2 is 1.74 bits per heavy atom. The van der Waals surface area contributed by atoms with Gasteiger partial charge in [0.1, 0.15) is 0 Å². The van der Waals surface area contributed by atoms with Gasteiger partial charge in [0.25, 0.3) is 5.91 Å². The maximum absolute atomic E-state index is 12.8. The normalized spacial score (nSPS) is 10.3. The lowest BCUT2D eigenvalue weighted by molar-refractivity contribution is 0.102. The quantitative estimate of drug-likeness (QED) is 0.550. The zero-order valence-electron chi connectivity index (χ0n) is 13.8. The van der Waals surface area contributed by atoms with Gasteiger partial charge in [-0.05, 0) is 36.1 Å². The highest BCUT2D eigenvalue weighted by Gasteiger charge is 2.14. The molecule has 120 valence electrons. The van der Waals surface area contributed by atoms with Crippen LogP contribution in [0.3, 0.4) is 0 Å². The molecule has 0 atom stereocenters. The second kappa shape index (κ2) is 8.59. The van der Waals surface area contributed by atoms with E-state index in [1.807, 2.05) is 30.3 Å². The Balaban J connectivity index is 2.31. The molecular formula is C20H23NOS. The van der Waals surface area contributed by atoms with Gasteiger partial charge in [-0.15, -0.1) is 18.3 Å². The lowest BCUT2D eigenvalue weighted by Crippen LogP contribution is -2.15. The smallest absolute Gasteiger partial charge is 0.256 e. The minimum Gasteiger partial charge on any atom is -0.321 e. The van der Waals surface area contributed by atoms with E-state index in [-0.39, 0.29) is 5.91 Å². The third kappa shape index (κ3) is 4.26. The van der Waals surface area contributed by atoms with Gasteiger partial charge in [-0.3, -0.25) is 4.79 Å². The van der Waals surface area contributed by atoms with Crippen LogP contribution in [0.25, 0.3) is 0 Å². The molecule has 23 heavy (non-hydrogen) atoms. The average molecular weight is 325 g/mol. The highest BCUT2D eigenvalue weighted by Crippen LogP contribution is 2.26. The summed E-state index contributed by atoms with van der Waals surface area (Å²) in [6, 6.07) is 13.9. The first-order valence-electron chi connectivity index (χ1n) is 7.96. The fourth-order valence-electron chi connectivity index (χ4n) is 2.51. The van der Waals surface area contributed by atoms with Crippen LogP contribution in [-0.2, 0) is 12.8 Å². The van der Waals surface area contributed by atoms with E-state index in [1.165, 1.54) is 11.1 Å². The summed E-state index contributed by atoms with van der Waals surface area (Å²) in [4.78, 5) is 13.8. The average Bonchev–Trinajstić information content (AvgIpc) is 2.60. The Labute approximate surface area is 143 Å². The predicted molar refractivity (Wildman–Crippen MR) is 101 cm³/mol. The van der Waals surface area contributed by atoms with E-state index in [1.54, 1.807) is 11.8 Å². The lowest BCUT2D eigenvalue weighted by atomic mass is 10.0. The van der Waals surface area contributed by atoms with Crippen molar-refractivity contribution in [1.82, 2.24) is 0 Å². The molecule has 2 nitrogen and oxygen atoms in total. The fraction of sp³-hybridized carbons (Fsp3) is 0.250. The summed E-state index contributed by atoms with van der Waals surface area (Å²) in [5.41, 5.74) is 4.03. The maximum Gasteiger partial charge on any atom is 0.256 e. The van der Waals surface area contributed by atoms with Crippen LogP contribution in [-0.4, -0.2) is 11.7 Å². The SMILES string of the molecule is C=CCSc1ccccc1C(=O)Nc1c(CC)cccc1CC. The van der Waals surface area contributed by atoms with Crippen molar-refractivity contribution in [2.75, 3.05) is 11.1 Å². The molecule has 0 saturated carbocycles. The molecule has 1 N–H and O–H groups in total. The van der Waals surface area contributed by atoms with Gasteiger partial charge in [0.2, 0.25) is 0 Å². The summed E-state index contributed by atoms with van der Waals surface area (Å²) >= 11 is 1.63. The molecule has 1 amide bonds. The van der Waals surface area contributed by atoms with Gasteiger partial charge in [-0.1, -0.05) is 50.3 Å². The number of anilines is 1. The Morgan fingerprint density at radius 1 is 1.09 bits per heavy atom. The van der Waals surface area contributed by atoms with Crippen molar-refractivity contribution in [1.29, 1.82) is 0 Å². The number of carbonyl (C=O) groups excluding carboxylic acids is 1. The van der Waals surface area contributed by atoms with Gasteiger partial charge in [0.15, 0.2) is 0 Å². The van der Waals surface area contributed by atoms with Gasteiger partial charge < -0.3 is 5.32 Å². The number of para-hydroxylation sites is 1. The van der Waals surface area contributed by atoms with Crippen LogP contribution < -0.4 is 5.32 Å². The van der Waals surface area contributed by atoms with Gasteiger partial charge in [0, 0.05) is 16.3 Å². The van der Waals surface area contributed by atoms with E-state index in [4.69, 9.17) is 0 Å². The van der Waals surface area contributed by atoms with Crippen molar-refractivity contribution in [2.45, 2.75) is 31.6 Å². The second-order valence-corrected chi connectivity index (χ2v) is 6.27. The monoisotopic (exact) mass is 325 g/mol. The largest absolute Gasteiger partial charge is 0.321 e. The Kier molecular flexibility index (Phi) is 6.48. The summed E-state index contributed by atoms with van der Waals surface area (Å²) in [5, 5.41) is 3.14. The van der Waals surface area contributed by atoms with Crippen LogP contribution in [0.15, 0.2) is 60.0 Å². The van der Waals surface area contributed by atoms with Crippen molar-refractivity contribution in [3.05, 3.63) is 71.8 Å². The second-order valence-electron chi connectivity index (χ2n) is 5.21. The Morgan fingerprint density at radius 3 is 2.35 bits per heavy atom. The van der Waals surface area contributed by atoms with Crippen molar-refractivity contribution in [3.8, 4) is 0 Å². The number of amides is 1. The van der Waals surface area contributed by atoms with Crippen LogP contribution in [0.5, 0.6) is 0 Å². The molecular weight excluding hydrogens is 302 g/mol. The molecule has 0 fully saturated rings. The lowest BCUT2D eigenvalue weighted by Gasteiger charge is -2.15. The van der Waals surface area contributed by atoms with Crippen LogP contribution in [0.1, 0.15) is 35.3 Å². The molecule has 3 heteroatoms. The number of rotatable bonds is 7. The van der Waals surface area contributed by atoms with E-state index in [0.717, 1.165) is 29.2 Å². The zero-order chi connectivity index (χ0) is 16.7. The summed E-state index contributed by atoms with van der Waals surface area (Å²) in [7, 11) is 0. The first-order valence-corrected chi connectivity index (χ1v) is 8.94. The first-order chi connectivity index (χ1) is 11.2. The van der Waals surface area contributed by atoms with E-state index < -0.39 is 0 Å². The van der Waals surface area contributed by atoms with Crippen LogP contribution in [0.2, 0.25) is 0 Å². The molecule has 0 radical (unpaired) electrons. The van der Waals surface area contributed by atoms with Crippen molar-refractivity contribution in [2.24, 2.45) is 0 Å². The maximum atomic E-state index is 12.8. The molecule has 0 aliphatic carbocycles. The van der Waals surface area contributed by atoms with Crippen LogP contribution in [0.4, 0.5) is 5.69 Å². The number of hydrogen-bond acceptors (Lipinski definition) is 2. The number of hydrogen-bond donors (Lipinski definition) is 1. The highest BCUT2D eigenvalue weighted by molar-refractivity contribution is 7.99. The molecule has 0 aliphatic heterocycles. The number of benzene rings is 2. The molecule has 0 unspecified atom stereocenters. The van der Waals surface area contributed by atoms with Crippen molar-refractivity contribution in [3.63, 3.8) is 0 Å². The standard InChI is InChI=1S/C20H23NOS/c1-4-14-23-18-13-8-7-12-17(18)20(22)21-19-15(5-2)10-9-11-16(19)6-3/h4,7-13H,1,5-6,14H2,2-3H3,(H,21,22). The summed E-state index contributed by atoms with van der Waals surface area (Å²) < 4.78 is 0. The van der Waals surface area contributed by atoms with E-state index in [2.05, 4.69) is 43.9 Å². The third-order valence-electron chi connectivity index (χ3n) is 3.73. The van der Waals surface area contributed by atoms with Crippen molar-refractivity contribution >= 4 is 23.4 Å². The first kappa shape index (κ1) is 17.4. The number of nitrogens with one attached hydrogen (secondary N) is 1. The van der Waals surface area contributed by atoms with E-state index in [9.17, 15) is 4.79 Å². The van der Waals surface area contributed by atoms with E-state index >= 15 is 0 Å². The molecule has 0 aliphatic rings. The molecule has 0 bridgehead atoms. The zero-order valence-corrected chi connectivity index (χ0v) is 14.6. The molecule has 2 aromatic rings. The third-order valence-corrected chi connectivity index (χ3v) is 4.80. The summed E-state index contributed by atoms with van der Waals surface area (Å²) in [6.45, 7) is 7.96. The molecule has 0 aromatic heterocycles. The minimum atomic E-state index is -0.0484. The number of thioether (sulfide) groups is 1. The summed E-state index contributed by atoms with van der Waals surface area (Å²) in [5.74, 6) is 0.739. The molecule has 0 heterocycles. The van der Waals surface area contributed by atoms with E-state index in [0.29, 0.717) is 5.56 Å². The van der Waals surface area contributed by atoms with Crippen LogP contribution >= 0.6 is 11.8 Å². The minimum absolute atomic E-state index is 0.0484. The molecule has 0 spiro atoms.